The summed E-state index contributed by atoms with van der Waals surface area (Å²) < 4.78 is 15.7. The highest BCUT2D eigenvalue weighted by Gasteiger charge is 2.45. The Balaban J connectivity index is 2.00. The van der Waals surface area contributed by atoms with Crippen LogP contribution in [0.25, 0.3) is 0 Å². The maximum absolute atomic E-state index is 12.6. The van der Waals surface area contributed by atoms with E-state index >= 15 is 0 Å². The molecule has 2 aliphatic heterocycles. The summed E-state index contributed by atoms with van der Waals surface area (Å²) in [6, 6.07) is 2.59. The first kappa shape index (κ1) is 19.3. The molecule has 0 amide bonds. The van der Waals surface area contributed by atoms with Crippen molar-refractivity contribution in [2.75, 3.05) is 7.11 Å². The van der Waals surface area contributed by atoms with Crippen molar-refractivity contribution in [2.24, 2.45) is 0 Å². The van der Waals surface area contributed by atoms with Gasteiger partial charge in [0.1, 0.15) is 35.4 Å². The lowest BCUT2D eigenvalue weighted by Gasteiger charge is -2.22. The number of fused-ring (bicyclic) bond motifs is 2. The van der Waals surface area contributed by atoms with E-state index in [-0.39, 0.29) is 29.1 Å². The largest absolute Gasteiger partial charge is 0.507 e. The Hall–Kier alpha value is -2.42. The van der Waals surface area contributed by atoms with Gasteiger partial charge >= 0.3 is 5.97 Å². The molecule has 3 unspecified atom stereocenters. The number of phenols is 1. The normalized spacial score (nSPS) is 32.5. The third kappa shape index (κ3) is 4.13. The molecule has 146 valence electrons. The highest BCUT2D eigenvalue weighted by molar-refractivity contribution is 5.96. The van der Waals surface area contributed by atoms with Crippen LogP contribution in [-0.2, 0) is 14.3 Å². The zero-order chi connectivity index (χ0) is 19.7. The summed E-state index contributed by atoms with van der Waals surface area (Å²) in [6.45, 7) is 1.64. The number of carbonyl (C=O) groups is 2. The Bertz CT molecular complexity index is 771. The maximum Gasteiger partial charge on any atom is 0.342 e. The number of ether oxygens (including phenoxy) is 3. The standard InChI is InChI=1S/C19H22O8/c1-9-4-3-5-12(20)18-15(27-18)8-14(22)17(23)11-6-10(25-2)7-13(21)16(11)19(24)26-9/h3,5-7,9,14-15,17-18,21-23H,4,8H2,1-2H3/b5-3-/t9?,14-,15?,17+,18?/m1/s1. The predicted molar refractivity (Wildman–Crippen MR) is 92.5 cm³/mol. The Kier molecular flexibility index (Phi) is 5.50. The van der Waals surface area contributed by atoms with Crippen molar-refractivity contribution >= 4 is 11.8 Å². The van der Waals surface area contributed by atoms with Gasteiger partial charge in [0.05, 0.1) is 19.3 Å². The molecular formula is C19H22O8. The second-order valence-corrected chi connectivity index (χ2v) is 6.71. The van der Waals surface area contributed by atoms with Crippen LogP contribution in [0.4, 0.5) is 0 Å². The fourth-order valence-corrected chi connectivity index (χ4v) is 3.10. The SMILES string of the molecule is COc1cc(O)c2c(c1)[C@H](O)[C@H](O)CC1OC1C(=O)/C=C\CC(C)OC2=O. The number of carbonyl (C=O) groups excluding carboxylic acids is 2. The van der Waals surface area contributed by atoms with Gasteiger partial charge in [-0.2, -0.15) is 0 Å². The molecule has 0 bridgehead atoms. The molecule has 5 atom stereocenters. The Morgan fingerprint density at radius 1 is 1.22 bits per heavy atom. The van der Waals surface area contributed by atoms with Crippen LogP contribution >= 0.6 is 0 Å². The molecule has 1 fully saturated rings. The molecule has 0 aliphatic carbocycles. The van der Waals surface area contributed by atoms with Gasteiger partial charge in [-0.1, -0.05) is 6.08 Å². The molecule has 1 saturated heterocycles. The number of esters is 1. The molecule has 2 heterocycles. The Morgan fingerprint density at radius 3 is 2.67 bits per heavy atom. The number of methoxy groups -OCH3 is 1. The van der Waals surface area contributed by atoms with Crippen molar-refractivity contribution in [3.63, 3.8) is 0 Å². The number of rotatable bonds is 1. The lowest BCUT2D eigenvalue weighted by Crippen LogP contribution is -2.25. The molecule has 8 heteroatoms. The highest BCUT2D eigenvalue weighted by atomic mass is 16.6. The number of benzene rings is 1. The fourth-order valence-electron chi connectivity index (χ4n) is 3.10. The van der Waals surface area contributed by atoms with Crippen LogP contribution in [0.15, 0.2) is 24.3 Å². The quantitative estimate of drug-likeness (QED) is 0.489. The second kappa shape index (κ2) is 7.67. The number of aliphatic hydroxyl groups excluding tert-OH is 2. The number of ketones is 1. The summed E-state index contributed by atoms with van der Waals surface area (Å²) >= 11 is 0. The summed E-state index contributed by atoms with van der Waals surface area (Å²) in [5.41, 5.74) is -0.257. The predicted octanol–water partition coefficient (Wildman–Crippen LogP) is 1.03. The number of cyclic esters (lactones) is 1. The zero-order valence-corrected chi connectivity index (χ0v) is 15.0. The van der Waals surface area contributed by atoms with Gasteiger partial charge < -0.3 is 29.5 Å². The molecule has 8 nitrogen and oxygen atoms in total. The minimum atomic E-state index is -1.51. The van der Waals surface area contributed by atoms with Gasteiger partial charge in [-0.25, -0.2) is 4.79 Å². The molecule has 3 rings (SSSR count). The van der Waals surface area contributed by atoms with Crippen LogP contribution in [0.1, 0.15) is 41.8 Å². The van der Waals surface area contributed by atoms with E-state index in [0.29, 0.717) is 6.42 Å². The molecule has 2 aliphatic rings. The van der Waals surface area contributed by atoms with E-state index in [9.17, 15) is 24.9 Å². The van der Waals surface area contributed by atoms with Gasteiger partial charge in [0, 0.05) is 24.5 Å². The highest BCUT2D eigenvalue weighted by Crippen LogP contribution is 2.37. The smallest absolute Gasteiger partial charge is 0.342 e. The minimum Gasteiger partial charge on any atom is -0.507 e. The van der Waals surface area contributed by atoms with Gasteiger partial charge in [-0.3, -0.25) is 4.79 Å². The van der Waals surface area contributed by atoms with Crippen LogP contribution in [-0.4, -0.2) is 58.6 Å². The van der Waals surface area contributed by atoms with E-state index in [0.717, 1.165) is 0 Å². The Morgan fingerprint density at radius 2 is 1.96 bits per heavy atom. The van der Waals surface area contributed by atoms with E-state index in [4.69, 9.17) is 14.2 Å². The fraction of sp³-hybridized carbons (Fsp3) is 0.474. The lowest BCUT2D eigenvalue weighted by atomic mass is 9.94. The molecule has 1 aromatic rings. The summed E-state index contributed by atoms with van der Waals surface area (Å²) in [5.74, 6) is -1.30. The molecule has 3 N–H and O–H groups in total. The second-order valence-electron chi connectivity index (χ2n) is 6.71. The number of phenolic OH excluding ortho intramolecular Hbond substituents is 1. The van der Waals surface area contributed by atoms with Crippen LogP contribution in [0.5, 0.6) is 11.5 Å². The topological polar surface area (TPSA) is 126 Å². The van der Waals surface area contributed by atoms with E-state index in [2.05, 4.69) is 0 Å². The lowest BCUT2D eigenvalue weighted by molar-refractivity contribution is -0.115. The van der Waals surface area contributed by atoms with Crippen molar-refractivity contribution < 1.29 is 39.1 Å². The molecule has 27 heavy (non-hydrogen) atoms. The molecule has 0 saturated carbocycles. The summed E-state index contributed by atoms with van der Waals surface area (Å²) in [7, 11) is 1.37. The third-order valence-electron chi connectivity index (χ3n) is 4.64. The average Bonchev–Trinajstić information content (AvgIpc) is 3.38. The van der Waals surface area contributed by atoms with Crippen molar-refractivity contribution in [2.45, 2.75) is 50.3 Å². The monoisotopic (exact) mass is 378 g/mol. The molecule has 0 spiro atoms. The van der Waals surface area contributed by atoms with Crippen molar-refractivity contribution in [3.8, 4) is 11.5 Å². The van der Waals surface area contributed by atoms with E-state index in [1.807, 2.05) is 0 Å². The summed E-state index contributed by atoms with van der Waals surface area (Å²) in [4.78, 5) is 24.6. The van der Waals surface area contributed by atoms with E-state index in [1.165, 1.54) is 25.3 Å². The van der Waals surface area contributed by atoms with Gasteiger partial charge in [-0.05, 0) is 19.1 Å². The van der Waals surface area contributed by atoms with Crippen LogP contribution < -0.4 is 4.74 Å². The molecular weight excluding hydrogens is 356 g/mol. The van der Waals surface area contributed by atoms with Gasteiger partial charge in [-0.15, -0.1) is 0 Å². The minimum absolute atomic E-state index is 0.00568. The maximum atomic E-state index is 12.6. The molecule has 0 radical (unpaired) electrons. The van der Waals surface area contributed by atoms with Crippen LogP contribution in [0.2, 0.25) is 0 Å². The first-order valence-electron chi connectivity index (χ1n) is 8.65. The first-order chi connectivity index (χ1) is 12.8. The summed E-state index contributed by atoms with van der Waals surface area (Å²) in [5, 5.41) is 31.2. The van der Waals surface area contributed by atoms with E-state index in [1.54, 1.807) is 13.0 Å². The number of hydrogen-bond acceptors (Lipinski definition) is 8. The zero-order valence-electron chi connectivity index (χ0n) is 15.0. The first-order valence-corrected chi connectivity index (χ1v) is 8.65. The molecule has 1 aromatic carbocycles. The Labute approximate surface area is 156 Å². The van der Waals surface area contributed by atoms with Gasteiger partial charge in [0.15, 0.2) is 5.78 Å². The van der Waals surface area contributed by atoms with Crippen molar-refractivity contribution in [1.82, 2.24) is 0 Å². The number of aromatic hydroxyl groups is 1. The van der Waals surface area contributed by atoms with Crippen LogP contribution in [0, 0.1) is 0 Å². The number of epoxide rings is 1. The summed E-state index contributed by atoms with van der Waals surface area (Å²) in [6.07, 6.45) is -1.33. The van der Waals surface area contributed by atoms with Gasteiger partial charge in [0.25, 0.3) is 0 Å². The van der Waals surface area contributed by atoms with Crippen molar-refractivity contribution in [1.29, 1.82) is 0 Å². The van der Waals surface area contributed by atoms with Crippen molar-refractivity contribution in [3.05, 3.63) is 35.4 Å². The number of aliphatic hydroxyl groups is 2. The average molecular weight is 378 g/mol. The van der Waals surface area contributed by atoms with Crippen LogP contribution in [0.3, 0.4) is 0 Å². The third-order valence-corrected chi connectivity index (χ3v) is 4.64. The van der Waals surface area contributed by atoms with E-state index < -0.39 is 42.2 Å². The van der Waals surface area contributed by atoms with Gasteiger partial charge in [0.2, 0.25) is 0 Å². The number of hydrogen-bond donors (Lipinski definition) is 3. The molecule has 0 aromatic heterocycles.